The van der Waals surface area contributed by atoms with Crippen molar-refractivity contribution >= 4 is 23.9 Å². The van der Waals surface area contributed by atoms with Gasteiger partial charge in [0.25, 0.3) is 0 Å². The Kier molecular flexibility index (Phi) is 5.92. The number of carbonyl (C=O) groups excluding carboxylic acids is 1. The molecule has 1 aromatic carbocycles. The largest absolute Gasteiger partial charge is 0.274 e. The van der Waals surface area contributed by atoms with Crippen LogP contribution in [0.3, 0.4) is 0 Å². The number of thioether (sulfide) groups is 1. The molecule has 0 atom stereocenters. The second kappa shape index (κ2) is 7.21. The number of hydrazone groups is 1. The molecule has 0 fully saturated rings. The van der Waals surface area contributed by atoms with Gasteiger partial charge in [0.1, 0.15) is 0 Å². The fourth-order valence-electron chi connectivity index (χ4n) is 1.59. The minimum Gasteiger partial charge on any atom is -0.274 e. The predicted octanol–water partition coefficient (Wildman–Crippen LogP) is 3.39. The van der Waals surface area contributed by atoms with Gasteiger partial charge in [0.05, 0.1) is 6.21 Å². The zero-order valence-corrected chi connectivity index (χ0v) is 12.2. The highest BCUT2D eigenvalue weighted by molar-refractivity contribution is 7.99. The summed E-state index contributed by atoms with van der Waals surface area (Å²) in [7, 11) is 0. The molecule has 18 heavy (non-hydrogen) atoms. The van der Waals surface area contributed by atoms with E-state index in [4.69, 9.17) is 0 Å². The lowest BCUT2D eigenvalue weighted by Gasteiger charge is -2.12. The van der Waals surface area contributed by atoms with Gasteiger partial charge in [-0.05, 0) is 28.9 Å². The van der Waals surface area contributed by atoms with E-state index in [0.29, 0.717) is 5.92 Å². The van der Waals surface area contributed by atoms with E-state index in [0.717, 1.165) is 11.3 Å². The first-order valence-corrected chi connectivity index (χ1v) is 7.09. The summed E-state index contributed by atoms with van der Waals surface area (Å²) < 4.78 is 0. The molecule has 1 N–H and O–H groups in total. The van der Waals surface area contributed by atoms with Gasteiger partial charge in [-0.3, -0.25) is 4.79 Å². The van der Waals surface area contributed by atoms with Crippen LogP contribution >= 0.6 is 11.8 Å². The molecule has 0 radical (unpaired) electrons. The number of nitrogens with one attached hydrogen (secondary N) is 1. The van der Waals surface area contributed by atoms with Gasteiger partial charge in [-0.15, -0.1) is 11.8 Å². The molecular formula is C14H20N2OS. The molecule has 3 nitrogen and oxygen atoms in total. The molecule has 0 saturated carbocycles. The van der Waals surface area contributed by atoms with Crippen molar-refractivity contribution < 1.29 is 4.79 Å². The molecule has 0 saturated heterocycles. The Hall–Kier alpha value is -1.29. The molecule has 1 rings (SSSR count). The Balaban J connectivity index is 2.92. The Labute approximate surface area is 113 Å². The fraction of sp³-hybridized carbons (Fsp3) is 0.429. The van der Waals surface area contributed by atoms with Crippen LogP contribution in [0.5, 0.6) is 0 Å². The quantitative estimate of drug-likeness (QED) is 0.503. The molecule has 0 spiro atoms. The topological polar surface area (TPSA) is 41.5 Å². The van der Waals surface area contributed by atoms with E-state index in [-0.39, 0.29) is 5.91 Å². The van der Waals surface area contributed by atoms with Crippen LogP contribution < -0.4 is 5.43 Å². The number of hydrogen-bond acceptors (Lipinski definition) is 3. The third kappa shape index (κ3) is 4.53. The van der Waals surface area contributed by atoms with Crippen molar-refractivity contribution in [3.05, 3.63) is 29.3 Å². The monoisotopic (exact) mass is 264 g/mol. The van der Waals surface area contributed by atoms with E-state index in [1.165, 1.54) is 17.4 Å². The second-order valence-corrected chi connectivity index (χ2v) is 5.62. The van der Waals surface area contributed by atoms with E-state index >= 15 is 0 Å². The van der Waals surface area contributed by atoms with Gasteiger partial charge in [0.2, 0.25) is 5.91 Å². The Morgan fingerprint density at radius 2 is 2.22 bits per heavy atom. The molecule has 1 aromatic rings. The fourth-order valence-corrected chi connectivity index (χ4v) is 2.59. The van der Waals surface area contributed by atoms with Crippen molar-refractivity contribution in [2.45, 2.75) is 38.5 Å². The van der Waals surface area contributed by atoms with E-state index in [1.54, 1.807) is 6.21 Å². The van der Waals surface area contributed by atoms with Gasteiger partial charge in [0, 0.05) is 11.8 Å². The molecule has 0 heterocycles. The normalized spacial score (nSPS) is 11.2. The molecule has 0 aliphatic heterocycles. The molecular weight excluding hydrogens is 244 g/mol. The van der Waals surface area contributed by atoms with E-state index in [9.17, 15) is 4.79 Å². The van der Waals surface area contributed by atoms with Crippen LogP contribution in [0.4, 0.5) is 0 Å². The summed E-state index contributed by atoms with van der Waals surface area (Å²) in [6, 6.07) is 6.28. The van der Waals surface area contributed by atoms with Gasteiger partial charge in [-0.2, -0.15) is 5.10 Å². The summed E-state index contributed by atoms with van der Waals surface area (Å²) in [5.41, 5.74) is 4.77. The third-order valence-electron chi connectivity index (χ3n) is 2.40. The molecule has 0 unspecified atom stereocenters. The number of amides is 1. The standard InChI is InChI=1S/C14H20N2OS/c1-5-18-14-8-12(9-15-16-11(4)17)6-7-13(14)10(2)3/h6-10H,5H2,1-4H3,(H,16,17)/b15-9+. The van der Waals surface area contributed by atoms with Crippen LogP contribution in [0.2, 0.25) is 0 Å². The summed E-state index contributed by atoms with van der Waals surface area (Å²) in [6.45, 7) is 7.98. The molecule has 0 bridgehead atoms. The number of nitrogens with zero attached hydrogens (tertiary/aromatic N) is 1. The first kappa shape index (κ1) is 14.8. The van der Waals surface area contributed by atoms with Crippen LogP contribution in [-0.4, -0.2) is 17.9 Å². The van der Waals surface area contributed by atoms with Crippen molar-refractivity contribution in [3.8, 4) is 0 Å². The molecule has 4 heteroatoms. The average molecular weight is 264 g/mol. The maximum absolute atomic E-state index is 10.7. The van der Waals surface area contributed by atoms with Crippen molar-refractivity contribution in [2.24, 2.45) is 5.10 Å². The summed E-state index contributed by atoms with van der Waals surface area (Å²) in [5, 5.41) is 3.88. The predicted molar refractivity (Wildman–Crippen MR) is 78.3 cm³/mol. The third-order valence-corrected chi connectivity index (χ3v) is 3.35. The Morgan fingerprint density at radius 3 is 2.78 bits per heavy atom. The molecule has 1 amide bonds. The lowest BCUT2D eigenvalue weighted by molar-refractivity contribution is -0.118. The van der Waals surface area contributed by atoms with Crippen LogP contribution in [0, 0.1) is 0 Å². The molecule has 98 valence electrons. The van der Waals surface area contributed by atoms with Gasteiger partial charge in [-0.1, -0.05) is 32.9 Å². The SMILES string of the molecule is CCSc1cc(/C=N/NC(C)=O)ccc1C(C)C. The molecule has 0 aliphatic rings. The maximum Gasteiger partial charge on any atom is 0.236 e. The van der Waals surface area contributed by atoms with Gasteiger partial charge < -0.3 is 0 Å². The highest BCUT2D eigenvalue weighted by Crippen LogP contribution is 2.29. The van der Waals surface area contributed by atoms with Crippen molar-refractivity contribution in [3.63, 3.8) is 0 Å². The number of hydrogen-bond donors (Lipinski definition) is 1. The van der Waals surface area contributed by atoms with Gasteiger partial charge in [0.15, 0.2) is 0 Å². The number of carbonyl (C=O) groups is 1. The van der Waals surface area contributed by atoms with Crippen molar-refractivity contribution in [2.75, 3.05) is 5.75 Å². The first-order chi connectivity index (χ1) is 8.54. The Bertz CT molecular complexity index is 441. The van der Waals surface area contributed by atoms with E-state index in [1.807, 2.05) is 17.8 Å². The summed E-state index contributed by atoms with van der Waals surface area (Å²) in [6.07, 6.45) is 1.67. The second-order valence-electron chi connectivity index (χ2n) is 4.31. The lowest BCUT2D eigenvalue weighted by Crippen LogP contribution is -2.12. The highest BCUT2D eigenvalue weighted by Gasteiger charge is 2.07. The zero-order chi connectivity index (χ0) is 13.5. The number of rotatable bonds is 5. The van der Waals surface area contributed by atoms with Crippen LogP contribution in [0.1, 0.15) is 44.7 Å². The lowest BCUT2D eigenvalue weighted by atomic mass is 10.0. The smallest absolute Gasteiger partial charge is 0.236 e. The van der Waals surface area contributed by atoms with Gasteiger partial charge in [-0.25, -0.2) is 5.43 Å². The summed E-state index contributed by atoms with van der Waals surface area (Å²) in [4.78, 5) is 12.0. The average Bonchev–Trinajstić information content (AvgIpc) is 2.29. The van der Waals surface area contributed by atoms with Crippen LogP contribution in [-0.2, 0) is 4.79 Å². The molecule has 0 aromatic heterocycles. The Morgan fingerprint density at radius 1 is 1.50 bits per heavy atom. The summed E-state index contributed by atoms with van der Waals surface area (Å²) in [5.74, 6) is 1.40. The number of benzene rings is 1. The van der Waals surface area contributed by atoms with E-state index < -0.39 is 0 Å². The first-order valence-electron chi connectivity index (χ1n) is 6.11. The van der Waals surface area contributed by atoms with Crippen molar-refractivity contribution in [1.29, 1.82) is 0 Å². The summed E-state index contributed by atoms with van der Waals surface area (Å²) >= 11 is 1.84. The van der Waals surface area contributed by atoms with Gasteiger partial charge >= 0.3 is 0 Å². The maximum atomic E-state index is 10.7. The van der Waals surface area contributed by atoms with Crippen molar-refractivity contribution in [1.82, 2.24) is 5.43 Å². The molecule has 0 aliphatic carbocycles. The highest BCUT2D eigenvalue weighted by atomic mass is 32.2. The van der Waals surface area contributed by atoms with E-state index in [2.05, 4.69) is 43.4 Å². The van der Waals surface area contributed by atoms with Crippen LogP contribution in [0.25, 0.3) is 0 Å². The van der Waals surface area contributed by atoms with Crippen LogP contribution in [0.15, 0.2) is 28.2 Å². The minimum absolute atomic E-state index is 0.159. The zero-order valence-electron chi connectivity index (χ0n) is 11.4. The minimum atomic E-state index is -0.159.